The van der Waals surface area contributed by atoms with Crippen molar-refractivity contribution in [2.75, 3.05) is 5.32 Å². The quantitative estimate of drug-likeness (QED) is 0.910. The first kappa shape index (κ1) is 12.7. The van der Waals surface area contributed by atoms with E-state index >= 15 is 0 Å². The van der Waals surface area contributed by atoms with Gasteiger partial charge in [-0.2, -0.15) is 0 Å². The molecule has 1 saturated carbocycles. The lowest BCUT2D eigenvalue weighted by Gasteiger charge is -2.04. The van der Waals surface area contributed by atoms with Crippen LogP contribution in [0.2, 0.25) is 0 Å². The number of hydrogen-bond acceptors (Lipinski definition) is 3. The third kappa shape index (κ3) is 2.84. The fourth-order valence-electron chi connectivity index (χ4n) is 1.75. The Balaban J connectivity index is 1.76. The van der Waals surface area contributed by atoms with Crippen molar-refractivity contribution in [3.8, 4) is 0 Å². The molecule has 3 rings (SSSR count). The number of amides is 1. The van der Waals surface area contributed by atoms with Gasteiger partial charge in [0.05, 0.1) is 11.3 Å². The van der Waals surface area contributed by atoms with Crippen LogP contribution in [-0.2, 0) is 0 Å². The third-order valence-corrected chi connectivity index (χ3v) is 4.35. The van der Waals surface area contributed by atoms with Gasteiger partial charge in [0.25, 0.3) is 5.91 Å². The maximum absolute atomic E-state index is 13.0. The van der Waals surface area contributed by atoms with Crippen molar-refractivity contribution in [1.29, 1.82) is 0 Å². The van der Waals surface area contributed by atoms with Crippen molar-refractivity contribution >= 4 is 38.3 Å². The molecule has 1 fully saturated rings. The second-order valence-corrected chi connectivity index (χ2v) is 6.14. The number of nitrogens with zero attached hydrogens (tertiary/aromatic N) is 1. The first-order valence-corrected chi connectivity index (χ1v) is 7.52. The Labute approximate surface area is 122 Å². The molecule has 1 aromatic heterocycles. The molecule has 98 valence electrons. The van der Waals surface area contributed by atoms with E-state index in [-0.39, 0.29) is 11.7 Å². The monoisotopic (exact) mass is 340 g/mol. The van der Waals surface area contributed by atoms with Gasteiger partial charge in [0, 0.05) is 15.8 Å². The van der Waals surface area contributed by atoms with Gasteiger partial charge in [-0.1, -0.05) is 0 Å². The van der Waals surface area contributed by atoms with E-state index in [1.807, 2.05) is 5.38 Å². The molecule has 2 aromatic rings. The minimum absolute atomic E-state index is 0.288. The molecule has 0 radical (unpaired) electrons. The minimum Gasteiger partial charge on any atom is -0.298 e. The van der Waals surface area contributed by atoms with Crippen LogP contribution in [0.3, 0.4) is 0 Å². The summed E-state index contributed by atoms with van der Waals surface area (Å²) in [4.78, 5) is 16.4. The second kappa shape index (κ2) is 5.02. The standard InChI is InChI=1S/C13H10BrFN2OS/c14-10-5-8(15)3-4-9(10)12(18)17-13-16-11(6-19-13)7-1-2-7/h3-7H,1-2H2,(H,16,17,18). The summed E-state index contributed by atoms with van der Waals surface area (Å²) < 4.78 is 13.4. The van der Waals surface area contributed by atoms with Gasteiger partial charge < -0.3 is 0 Å². The van der Waals surface area contributed by atoms with Crippen LogP contribution in [-0.4, -0.2) is 10.9 Å². The molecule has 1 N–H and O–H groups in total. The molecule has 0 bridgehead atoms. The second-order valence-electron chi connectivity index (χ2n) is 4.43. The molecule has 1 aliphatic rings. The van der Waals surface area contributed by atoms with Crippen LogP contribution in [0.25, 0.3) is 0 Å². The highest BCUT2D eigenvalue weighted by Crippen LogP contribution is 2.40. The van der Waals surface area contributed by atoms with Crippen LogP contribution in [0.5, 0.6) is 0 Å². The summed E-state index contributed by atoms with van der Waals surface area (Å²) in [6, 6.07) is 3.98. The topological polar surface area (TPSA) is 42.0 Å². The number of aromatic nitrogens is 1. The van der Waals surface area contributed by atoms with Crippen LogP contribution in [0.15, 0.2) is 28.1 Å². The molecular formula is C13H10BrFN2OS. The number of halogens is 2. The number of rotatable bonds is 3. The Hall–Kier alpha value is -1.27. The first-order chi connectivity index (χ1) is 9.13. The highest BCUT2D eigenvalue weighted by atomic mass is 79.9. The van der Waals surface area contributed by atoms with E-state index in [2.05, 4.69) is 26.2 Å². The molecule has 1 aromatic carbocycles. The van der Waals surface area contributed by atoms with E-state index in [1.165, 1.54) is 42.4 Å². The van der Waals surface area contributed by atoms with E-state index in [0.29, 0.717) is 21.1 Å². The Bertz CT molecular complexity index is 639. The minimum atomic E-state index is -0.381. The third-order valence-electron chi connectivity index (χ3n) is 2.91. The van der Waals surface area contributed by atoms with Crippen LogP contribution in [0, 0.1) is 5.82 Å². The molecule has 0 unspecified atom stereocenters. The van der Waals surface area contributed by atoms with Crippen LogP contribution >= 0.6 is 27.3 Å². The van der Waals surface area contributed by atoms with Crippen molar-refractivity contribution < 1.29 is 9.18 Å². The highest BCUT2D eigenvalue weighted by molar-refractivity contribution is 9.10. The molecule has 1 aliphatic carbocycles. The summed E-state index contributed by atoms with van der Waals surface area (Å²) >= 11 is 4.60. The number of carbonyl (C=O) groups is 1. The van der Waals surface area contributed by atoms with Gasteiger partial charge >= 0.3 is 0 Å². The van der Waals surface area contributed by atoms with Crippen molar-refractivity contribution in [3.63, 3.8) is 0 Å². The number of benzene rings is 1. The summed E-state index contributed by atoms with van der Waals surface area (Å²) in [7, 11) is 0. The number of thiazole rings is 1. The van der Waals surface area contributed by atoms with Crippen molar-refractivity contribution in [2.45, 2.75) is 18.8 Å². The van der Waals surface area contributed by atoms with E-state index < -0.39 is 0 Å². The van der Waals surface area contributed by atoms with Crippen LogP contribution in [0.4, 0.5) is 9.52 Å². The Morgan fingerprint density at radius 3 is 2.95 bits per heavy atom. The summed E-state index contributed by atoms with van der Waals surface area (Å²) in [6.45, 7) is 0. The maximum atomic E-state index is 13.0. The van der Waals surface area contributed by atoms with Gasteiger partial charge in [0.15, 0.2) is 5.13 Å². The van der Waals surface area contributed by atoms with Crippen molar-refractivity contribution in [2.24, 2.45) is 0 Å². The van der Waals surface area contributed by atoms with Gasteiger partial charge in [-0.15, -0.1) is 11.3 Å². The van der Waals surface area contributed by atoms with Gasteiger partial charge in [-0.05, 0) is 47.0 Å². The maximum Gasteiger partial charge on any atom is 0.258 e. The fraction of sp³-hybridized carbons (Fsp3) is 0.231. The molecule has 1 heterocycles. The zero-order chi connectivity index (χ0) is 13.4. The largest absolute Gasteiger partial charge is 0.298 e. The van der Waals surface area contributed by atoms with E-state index in [0.717, 1.165) is 5.69 Å². The zero-order valence-electron chi connectivity index (χ0n) is 9.82. The van der Waals surface area contributed by atoms with Gasteiger partial charge in [-0.3, -0.25) is 10.1 Å². The average molecular weight is 341 g/mol. The fourth-order valence-corrected chi connectivity index (χ4v) is 3.07. The first-order valence-electron chi connectivity index (χ1n) is 5.85. The lowest BCUT2D eigenvalue weighted by molar-refractivity contribution is 0.102. The molecule has 0 saturated heterocycles. The summed E-state index contributed by atoms with van der Waals surface area (Å²) in [5.74, 6) is -0.100. The normalized spacial score (nSPS) is 14.4. The number of carbonyl (C=O) groups excluding carboxylic acids is 1. The Kier molecular flexibility index (Phi) is 3.36. The summed E-state index contributed by atoms with van der Waals surface area (Å²) in [5, 5.41) is 5.30. The number of nitrogens with one attached hydrogen (secondary N) is 1. The van der Waals surface area contributed by atoms with Crippen molar-refractivity contribution in [1.82, 2.24) is 4.98 Å². The molecule has 1 amide bonds. The molecule has 0 spiro atoms. The Morgan fingerprint density at radius 1 is 1.47 bits per heavy atom. The predicted octanol–water partition coefficient (Wildman–Crippen LogP) is 4.17. The molecule has 3 nitrogen and oxygen atoms in total. The lowest BCUT2D eigenvalue weighted by atomic mass is 10.2. The molecular weight excluding hydrogens is 331 g/mol. The van der Waals surface area contributed by atoms with E-state index in [4.69, 9.17) is 0 Å². The smallest absolute Gasteiger partial charge is 0.258 e. The lowest BCUT2D eigenvalue weighted by Crippen LogP contribution is -2.12. The van der Waals surface area contributed by atoms with Gasteiger partial charge in [-0.25, -0.2) is 9.37 Å². The van der Waals surface area contributed by atoms with Crippen molar-refractivity contribution in [3.05, 3.63) is 45.1 Å². The summed E-state index contributed by atoms with van der Waals surface area (Å²) in [5.41, 5.74) is 1.45. The number of anilines is 1. The van der Waals surface area contributed by atoms with Crippen LogP contribution in [0.1, 0.15) is 34.8 Å². The average Bonchev–Trinajstić information content (AvgIpc) is 3.10. The predicted molar refractivity (Wildman–Crippen MR) is 76.1 cm³/mol. The van der Waals surface area contributed by atoms with Gasteiger partial charge in [0.1, 0.15) is 5.82 Å². The molecule has 19 heavy (non-hydrogen) atoms. The summed E-state index contributed by atoms with van der Waals surface area (Å²) in [6.07, 6.45) is 2.36. The van der Waals surface area contributed by atoms with Gasteiger partial charge in [0.2, 0.25) is 0 Å². The highest BCUT2D eigenvalue weighted by Gasteiger charge is 2.26. The SMILES string of the molecule is O=C(Nc1nc(C2CC2)cs1)c1ccc(F)cc1Br. The number of hydrogen-bond donors (Lipinski definition) is 1. The van der Waals surface area contributed by atoms with E-state index in [1.54, 1.807) is 0 Å². The van der Waals surface area contributed by atoms with E-state index in [9.17, 15) is 9.18 Å². The molecule has 6 heteroatoms. The molecule has 0 aliphatic heterocycles. The Morgan fingerprint density at radius 2 is 2.26 bits per heavy atom. The zero-order valence-corrected chi connectivity index (χ0v) is 12.2. The van der Waals surface area contributed by atoms with Crippen LogP contribution < -0.4 is 5.32 Å². The molecule has 0 atom stereocenters.